The predicted octanol–water partition coefficient (Wildman–Crippen LogP) is 0.470. The smallest absolute Gasteiger partial charge is 0.331 e. The first-order chi connectivity index (χ1) is 9.32. The van der Waals surface area contributed by atoms with Crippen LogP contribution in [0.15, 0.2) is 27.6 Å². The minimum atomic E-state index is -0.404. The molecule has 106 valence electrons. The molecule has 2 aromatic rings. The molecule has 0 aromatic carbocycles. The lowest BCUT2D eigenvalue weighted by molar-refractivity contribution is -0.112. The maximum atomic E-state index is 12.0. The molecule has 0 fully saturated rings. The molecule has 0 saturated carbocycles. The molecule has 7 nitrogen and oxygen atoms in total. The van der Waals surface area contributed by atoms with Crippen molar-refractivity contribution in [2.45, 2.75) is 13.8 Å². The fourth-order valence-electron chi connectivity index (χ4n) is 2.15. The second-order valence-electron chi connectivity index (χ2n) is 4.69. The molecule has 7 heteroatoms. The van der Waals surface area contributed by atoms with Gasteiger partial charge in [0.15, 0.2) is 5.78 Å². The SMILES string of the molecule is CC(=O)/C=C(/C)Nc1c[nH]c2c(=O)n(C)c(=O)n(C)c12. The molecule has 0 aliphatic carbocycles. The van der Waals surface area contributed by atoms with Gasteiger partial charge in [0.1, 0.15) is 5.52 Å². The van der Waals surface area contributed by atoms with Crippen LogP contribution in [0, 0.1) is 0 Å². The quantitative estimate of drug-likeness (QED) is 0.798. The molecular weight excluding hydrogens is 260 g/mol. The van der Waals surface area contributed by atoms with Crippen molar-refractivity contribution in [3.8, 4) is 0 Å². The Kier molecular flexibility index (Phi) is 3.35. The molecule has 2 N–H and O–H groups in total. The maximum Gasteiger partial charge on any atom is 0.331 e. The van der Waals surface area contributed by atoms with E-state index in [1.54, 1.807) is 20.2 Å². The number of hydrogen-bond acceptors (Lipinski definition) is 4. The Morgan fingerprint density at radius 1 is 1.25 bits per heavy atom. The average Bonchev–Trinajstić information content (AvgIpc) is 2.76. The lowest BCUT2D eigenvalue weighted by atomic mass is 10.3. The first-order valence-corrected chi connectivity index (χ1v) is 6.06. The molecule has 0 unspecified atom stereocenters. The zero-order valence-electron chi connectivity index (χ0n) is 11.8. The van der Waals surface area contributed by atoms with Gasteiger partial charge in [0.25, 0.3) is 5.56 Å². The predicted molar refractivity (Wildman–Crippen MR) is 76.8 cm³/mol. The van der Waals surface area contributed by atoms with Crippen LogP contribution in [0.5, 0.6) is 0 Å². The van der Waals surface area contributed by atoms with Gasteiger partial charge in [-0.3, -0.25) is 18.7 Å². The van der Waals surface area contributed by atoms with E-state index in [0.717, 1.165) is 4.57 Å². The van der Waals surface area contributed by atoms with Crippen LogP contribution in [0.1, 0.15) is 13.8 Å². The highest BCUT2D eigenvalue weighted by Crippen LogP contribution is 2.20. The summed E-state index contributed by atoms with van der Waals surface area (Å²) in [4.78, 5) is 37.8. The maximum absolute atomic E-state index is 12.0. The molecule has 0 aliphatic rings. The third-order valence-electron chi connectivity index (χ3n) is 3.03. The van der Waals surface area contributed by atoms with Gasteiger partial charge in [0, 0.05) is 26.0 Å². The van der Waals surface area contributed by atoms with Crippen LogP contribution in [0.2, 0.25) is 0 Å². The third kappa shape index (κ3) is 2.18. The standard InChI is InChI=1S/C13H16N4O3/c1-7(5-8(2)18)15-9-6-14-10-11(9)16(3)13(20)17(4)12(10)19/h5-6,14-15H,1-4H3/b7-5-. The van der Waals surface area contributed by atoms with Gasteiger partial charge < -0.3 is 10.3 Å². The zero-order valence-corrected chi connectivity index (χ0v) is 11.8. The summed E-state index contributed by atoms with van der Waals surface area (Å²) in [5.74, 6) is -0.0837. The van der Waals surface area contributed by atoms with Gasteiger partial charge in [0.05, 0.1) is 11.2 Å². The van der Waals surface area contributed by atoms with E-state index >= 15 is 0 Å². The van der Waals surface area contributed by atoms with Crippen molar-refractivity contribution >= 4 is 22.5 Å². The van der Waals surface area contributed by atoms with Gasteiger partial charge in [-0.2, -0.15) is 0 Å². The molecular formula is C13H16N4O3. The molecule has 0 amide bonds. The minimum absolute atomic E-state index is 0.0837. The van der Waals surface area contributed by atoms with Crippen molar-refractivity contribution in [3.05, 3.63) is 38.8 Å². The molecule has 2 aromatic heterocycles. The van der Waals surface area contributed by atoms with Crippen molar-refractivity contribution in [2.24, 2.45) is 14.1 Å². The number of rotatable bonds is 3. The lowest BCUT2D eigenvalue weighted by Crippen LogP contribution is -2.36. The van der Waals surface area contributed by atoms with Crippen molar-refractivity contribution in [1.82, 2.24) is 14.1 Å². The van der Waals surface area contributed by atoms with E-state index in [2.05, 4.69) is 10.3 Å². The summed E-state index contributed by atoms with van der Waals surface area (Å²) in [5.41, 5.74) is 1.24. The Hall–Kier alpha value is -2.57. The van der Waals surface area contributed by atoms with E-state index in [-0.39, 0.29) is 11.3 Å². The van der Waals surface area contributed by atoms with E-state index in [4.69, 9.17) is 0 Å². The summed E-state index contributed by atoms with van der Waals surface area (Å²) in [6.45, 7) is 3.19. The molecule has 2 heterocycles. The van der Waals surface area contributed by atoms with Crippen LogP contribution in [0.25, 0.3) is 11.0 Å². The summed E-state index contributed by atoms with van der Waals surface area (Å²) in [6.07, 6.45) is 3.04. The van der Waals surface area contributed by atoms with Crippen LogP contribution < -0.4 is 16.6 Å². The first kappa shape index (κ1) is 13.9. The summed E-state index contributed by atoms with van der Waals surface area (Å²) < 4.78 is 2.43. The molecule has 0 atom stereocenters. The number of aromatic nitrogens is 3. The highest BCUT2D eigenvalue weighted by Gasteiger charge is 2.14. The fourth-order valence-corrected chi connectivity index (χ4v) is 2.15. The molecule has 0 bridgehead atoms. The van der Waals surface area contributed by atoms with E-state index in [0.29, 0.717) is 22.4 Å². The zero-order chi connectivity index (χ0) is 15.0. The van der Waals surface area contributed by atoms with Crippen LogP contribution in [-0.2, 0) is 18.9 Å². The number of aryl methyl sites for hydroxylation is 1. The van der Waals surface area contributed by atoms with Gasteiger partial charge in [-0.1, -0.05) is 0 Å². The second kappa shape index (κ2) is 4.84. The van der Waals surface area contributed by atoms with Gasteiger partial charge in [-0.15, -0.1) is 0 Å². The molecule has 0 spiro atoms. The number of anilines is 1. The Labute approximate surface area is 114 Å². The van der Waals surface area contributed by atoms with Gasteiger partial charge >= 0.3 is 5.69 Å². The van der Waals surface area contributed by atoms with Gasteiger partial charge in [0.2, 0.25) is 0 Å². The number of ketones is 1. The number of nitrogens with zero attached hydrogens (tertiary/aromatic N) is 2. The Morgan fingerprint density at radius 3 is 2.50 bits per heavy atom. The largest absolute Gasteiger partial charge is 0.356 e. The normalized spacial score (nSPS) is 11.9. The topological polar surface area (TPSA) is 88.9 Å². The number of H-pyrrole nitrogens is 1. The van der Waals surface area contributed by atoms with E-state index < -0.39 is 5.69 Å². The first-order valence-electron chi connectivity index (χ1n) is 6.06. The van der Waals surface area contributed by atoms with E-state index in [9.17, 15) is 14.4 Å². The lowest BCUT2D eigenvalue weighted by Gasteiger charge is -2.08. The molecule has 0 aliphatic heterocycles. The van der Waals surface area contributed by atoms with Crippen LogP contribution >= 0.6 is 0 Å². The second-order valence-corrected chi connectivity index (χ2v) is 4.69. The number of fused-ring (bicyclic) bond motifs is 1. The number of carbonyl (C=O) groups excluding carboxylic acids is 1. The molecule has 0 radical (unpaired) electrons. The van der Waals surface area contributed by atoms with Crippen molar-refractivity contribution in [1.29, 1.82) is 0 Å². The molecule has 20 heavy (non-hydrogen) atoms. The summed E-state index contributed by atoms with van der Waals surface area (Å²) in [7, 11) is 3.02. The minimum Gasteiger partial charge on any atom is -0.356 e. The van der Waals surface area contributed by atoms with Crippen LogP contribution in [-0.4, -0.2) is 19.9 Å². The summed E-state index contributed by atoms with van der Waals surface area (Å²) in [5, 5.41) is 3.01. The van der Waals surface area contributed by atoms with E-state index in [1.165, 1.54) is 24.6 Å². The Morgan fingerprint density at radius 2 is 1.90 bits per heavy atom. The van der Waals surface area contributed by atoms with Gasteiger partial charge in [-0.05, 0) is 19.9 Å². The third-order valence-corrected chi connectivity index (χ3v) is 3.03. The monoisotopic (exact) mass is 276 g/mol. The Balaban J connectivity index is 2.67. The molecule has 0 saturated heterocycles. The number of carbonyl (C=O) groups is 1. The number of nitrogens with one attached hydrogen (secondary N) is 2. The average molecular weight is 276 g/mol. The Bertz CT molecular complexity index is 836. The molecule has 2 rings (SSSR count). The van der Waals surface area contributed by atoms with Crippen molar-refractivity contribution < 1.29 is 4.79 Å². The number of allylic oxidation sites excluding steroid dienone is 2. The highest BCUT2D eigenvalue weighted by molar-refractivity contribution is 5.91. The number of hydrogen-bond donors (Lipinski definition) is 2. The van der Waals surface area contributed by atoms with Crippen molar-refractivity contribution in [3.63, 3.8) is 0 Å². The highest BCUT2D eigenvalue weighted by atomic mass is 16.2. The number of aromatic amines is 1. The van der Waals surface area contributed by atoms with Crippen molar-refractivity contribution in [2.75, 3.05) is 5.32 Å². The van der Waals surface area contributed by atoms with Crippen LogP contribution in [0.3, 0.4) is 0 Å². The summed E-state index contributed by atoms with van der Waals surface area (Å²) >= 11 is 0. The van der Waals surface area contributed by atoms with Gasteiger partial charge in [-0.25, -0.2) is 4.79 Å². The van der Waals surface area contributed by atoms with E-state index in [1.807, 2.05) is 0 Å². The van der Waals surface area contributed by atoms with Crippen LogP contribution in [0.4, 0.5) is 5.69 Å². The summed E-state index contributed by atoms with van der Waals surface area (Å²) in [6, 6.07) is 0. The fraction of sp³-hybridized carbons (Fsp3) is 0.308.